The summed E-state index contributed by atoms with van der Waals surface area (Å²) in [5, 5.41) is 9.28. The van der Waals surface area contributed by atoms with Gasteiger partial charge in [0.15, 0.2) is 5.01 Å². The van der Waals surface area contributed by atoms with E-state index in [4.69, 9.17) is 0 Å². The van der Waals surface area contributed by atoms with Crippen molar-refractivity contribution in [2.45, 2.75) is 6.92 Å². The topological polar surface area (TPSA) is 25.8 Å². The van der Waals surface area contributed by atoms with Crippen LogP contribution in [0.1, 0.15) is 11.9 Å². The summed E-state index contributed by atoms with van der Waals surface area (Å²) in [5.41, 5.74) is 0.505. The normalized spacial score (nSPS) is 11.1. The number of halogens is 1. The van der Waals surface area contributed by atoms with E-state index >= 15 is 0 Å². The minimum Gasteiger partial charge on any atom is -0.206 e. The summed E-state index contributed by atoms with van der Waals surface area (Å²) in [6, 6.07) is 6.57. The summed E-state index contributed by atoms with van der Waals surface area (Å²) in [4.78, 5) is 0. The molecule has 76 valence electrons. The summed E-state index contributed by atoms with van der Waals surface area (Å²) in [5.74, 6) is -0.263. The first kappa shape index (κ1) is 9.98. The molecule has 1 aromatic carbocycles. The smallest absolute Gasteiger partial charge is 0.151 e. The van der Waals surface area contributed by atoms with Crippen molar-refractivity contribution in [1.29, 1.82) is 0 Å². The van der Waals surface area contributed by atoms with E-state index in [2.05, 4.69) is 10.2 Å². The molecule has 0 saturated heterocycles. The second-order valence-corrected chi connectivity index (χ2v) is 3.93. The Labute approximate surface area is 91.1 Å². The zero-order chi connectivity index (χ0) is 10.7. The zero-order valence-electron chi connectivity index (χ0n) is 8.14. The Morgan fingerprint density at radius 3 is 2.80 bits per heavy atom. The molecule has 2 aromatic rings. The lowest BCUT2D eigenvalue weighted by molar-refractivity contribution is 0.631. The van der Waals surface area contributed by atoms with Gasteiger partial charge in [-0.3, -0.25) is 0 Å². The van der Waals surface area contributed by atoms with E-state index < -0.39 is 0 Å². The molecule has 1 aromatic heterocycles. The van der Waals surface area contributed by atoms with Crippen LogP contribution >= 0.6 is 11.3 Å². The van der Waals surface area contributed by atoms with Gasteiger partial charge in [-0.05, 0) is 25.1 Å². The molecule has 0 amide bonds. The van der Waals surface area contributed by atoms with Gasteiger partial charge in [-0.1, -0.05) is 29.5 Å². The standard InChI is InChI=1S/C11H9FN2S/c1-2-5-10-13-14-11(15-10)8-6-3-4-7-9(8)12/h2-7H,1H3. The molecule has 1 heterocycles. The van der Waals surface area contributed by atoms with E-state index in [1.165, 1.54) is 17.4 Å². The number of hydrogen-bond donors (Lipinski definition) is 0. The van der Waals surface area contributed by atoms with Crippen molar-refractivity contribution in [2.24, 2.45) is 0 Å². The first-order valence-electron chi connectivity index (χ1n) is 4.52. The second-order valence-electron chi connectivity index (χ2n) is 2.93. The third-order valence-electron chi connectivity index (χ3n) is 1.85. The Morgan fingerprint density at radius 1 is 1.27 bits per heavy atom. The molecule has 2 nitrogen and oxygen atoms in total. The fourth-order valence-corrected chi connectivity index (χ4v) is 2.03. The summed E-state index contributed by atoms with van der Waals surface area (Å²) in [6.45, 7) is 1.91. The van der Waals surface area contributed by atoms with Crippen molar-refractivity contribution in [2.75, 3.05) is 0 Å². The van der Waals surface area contributed by atoms with E-state index in [0.717, 1.165) is 5.01 Å². The Balaban J connectivity index is 2.42. The summed E-state index contributed by atoms with van der Waals surface area (Å²) in [6.07, 6.45) is 3.73. The van der Waals surface area contributed by atoms with Crippen molar-refractivity contribution >= 4 is 17.4 Å². The minimum atomic E-state index is -0.263. The molecule has 0 radical (unpaired) electrons. The van der Waals surface area contributed by atoms with Crippen LogP contribution < -0.4 is 0 Å². The third kappa shape index (κ3) is 2.10. The average molecular weight is 220 g/mol. The number of hydrogen-bond acceptors (Lipinski definition) is 3. The van der Waals surface area contributed by atoms with E-state index in [0.29, 0.717) is 10.6 Å². The Morgan fingerprint density at radius 2 is 2.07 bits per heavy atom. The van der Waals surface area contributed by atoms with E-state index in [9.17, 15) is 4.39 Å². The highest BCUT2D eigenvalue weighted by atomic mass is 32.1. The van der Waals surface area contributed by atoms with Crippen LogP contribution in [0.3, 0.4) is 0 Å². The maximum atomic E-state index is 13.4. The maximum absolute atomic E-state index is 13.4. The first-order chi connectivity index (χ1) is 7.31. The number of rotatable bonds is 2. The van der Waals surface area contributed by atoms with E-state index in [-0.39, 0.29) is 5.82 Å². The van der Waals surface area contributed by atoms with Crippen molar-refractivity contribution in [3.8, 4) is 10.6 Å². The fraction of sp³-hybridized carbons (Fsp3) is 0.0909. The summed E-state index contributed by atoms with van der Waals surface area (Å²) < 4.78 is 13.4. The molecule has 0 unspecified atom stereocenters. The lowest BCUT2D eigenvalue weighted by Gasteiger charge is -1.95. The molecule has 2 rings (SSSR count). The van der Waals surface area contributed by atoms with Gasteiger partial charge in [-0.15, -0.1) is 10.2 Å². The summed E-state index contributed by atoms with van der Waals surface area (Å²) >= 11 is 1.38. The third-order valence-corrected chi connectivity index (χ3v) is 2.78. The van der Waals surface area contributed by atoms with Crippen LogP contribution in [0.4, 0.5) is 4.39 Å². The molecule has 0 atom stereocenters. The maximum Gasteiger partial charge on any atom is 0.151 e. The molecule has 0 bridgehead atoms. The van der Waals surface area contributed by atoms with Crippen molar-refractivity contribution < 1.29 is 4.39 Å². The molecule has 0 N–H and O–H groups in total. The minimum absolute atomic E-state index is 0.263. The predicted molar refractivity (Wildman–Crippen MR) is 60.0 cm³/mol. The highest BCUT2D eigenvalue weighted by Crippen LogP contribution is 2.26. The summed E-state index contributed by atoms with van der Waals surface area (Å²) in [7, 11) is 0. The molecule has 0 saturated carbocycles. The predicted octanol–water partition coefficient (Wildman–Crippen LogP) is 3.38. The van der Waals surface area contributed by atoms with Gasteiger partial charge < -0.3 is 0 Å². The highest BCUT2D eigenvalue weighted by molar-refractivity contribution is 7.15. The Hall–Kier alpha value is -1.55. The SMILES string of the molecule is CC=Cc1nnc(-c2ccccc2F)s1. The van der Waals surface area contributed by atoms with E-state index in [1.807, 2.05) is 19.1 Å². The zero-order valence-corrected chi connectivity index (χ0v) is 8.96. The molecule has 0 spiro atoms. The molecule has 15 heavy (non-hydrogen) atoms. The van der Waals surface area contributed by atoms with Crippen LogP contribution in [0.25, 0.3) is 16.6 Å². The van der Waals surface area contributed by atoms with Gasteiger partial charge in [-0.2, -0.15) is 0 Å². The molecule has 0 aliphatic carbocycles. The average Bonchev–Trinajstić information content (AvgIpc) is 2.68. The van der Waals surface area contributed by atoms with Gasteiger partial charge in [0.05, 0.1) is 0 Å². The molecule has 4 heteroatoms. The highest BCUT2D eigenvalue weighted by Gasteiger charge is 2.08. The van der Waals surface area contributed by atoms with Crippen molar-refractivity contribution in [3.05, 3.63) is 41.2 Å². The first-order valence-corrected chi connectivity index (χ1v) is 5.34. The number of nitrogens with zero attached hydrogens (tertiary/aromatic N) is 2. The molecule has 0 aliphatic rings. The second kappa shape index (κ2) is 4.31. The van der Waals surface area contributed by atoms with Crippen LogP contribution in [0.5, 0.6) is 0 Å². The number of allylic oxidation sites excluding steroid dienone is 1. The van der Waals surface area contributed by atoms with Crippen LogP contribution in [0, 0.1) is 5.82 Å². The Bertz CT molecular complexity index is 491. The molecule has 0 fully saturated rings. The van der Waals surface area contributed by atoms with Gasteiger partial charge in [0, 0.05) is 5.56 Å². The largest absolute Gasteiger partial charge is 0.206 e. The Kier molecular flexibility index (Phi) is 2.87. The van der Waals surface area contributed by atoms with Crippen LogP contribution in [-0.4, -0.2) is 10.2 Å². The molecular formula is C11H9FN2S. The van der Waals surface area contributed by atoms with Gasteiger partial charge in [0.2, 0.25) is 0 Å². The van der Waals surface area contributed by atoms with Gasteiger partial charge in [-0.25, -0.2) is 4.39 Å². The lowest BCUT2D eigenvalue weighted by Crippen LogP contribution is -1.81. The van der Waals surface area contributed by atoms with Crippen molar-refractivity contribution in [3.63, 3.8) is 0 Å². The fourth-order valence-electron chi connectivity index (χ4n) is 1.19. The number of benzene rings is 1. The van der Waals surface area contributed by atoms with Crippen LogP contribution in [-0.2, 0) is 0 Å². The lowest BCUT2D eigenvalue weighted by atomic mass is 10.2. The van der Waals surface area contributed by atoms with E-state index in [1.54, 1.807) is 18.2 Å². The van der Waals surface area contributed by atoms with Gasteiger partial charge >= 0.3 is 0 Å². The van der Waals surface area contributed by atoms with Gasteiger partial charge in [0.25, 0.3) is 0 Å². The number of aromatic nitrogens is 2. The molecular weight excluding hydrogens is 211 g/mol. The van der Waals surface area contributed by atoms with Gasteiger partial charge in [0.1, 0.15) is 10.8 Å². The van der Waals surface area contributed by atoms with Crippen LogP contribution in [0.2, 0.25) is 0 Å². The van der Waals surface area contributed by atoms with Crippen LogP contribution in [0.15, 0.2) is 30.3 Å². The monoisotopic (exact) mass is 220 g/mol. The van der Waals surface area contributed by atoms with Crippen molar-refractivity contribution in [1.82, 2.24) is 10.2 Å². The quantitative estimate of drug-likeness (QED) is 0.775. The molecule has 0 aliphatic heterocycles.